The lowest BCUT2D eigenvalue weighted by molar-refractivity contribution is 0.0948. The maximum atomic E-state index is 12.5. The Labute approximate surface area is 106 Å². The predicted molar refractivity (Wildman–Crippen MR) is 70.6 cm³/mol. The summed E-state index contributed by atoms with van der Waals surface area (Å²) in [4.78, 5) is 12.5. The SMILES string of the molecule is Cc1c(Cl)cccc1C(=O)C1(C)CCCS1. The molecular weight excluding hydrogens is 240 g/mol. The van der Waals surface area contributed by atoms with E-state index in [9.17, 15) is 4.79 Å². The van der Waals surface area contributed by atoms with Crippen molar-refractivity contribution >= 4 is 29.1 Å². The first-order valence-corrected chi connectivity index (χ1v) is 6.85. The molecule has 0 bridgehead atoms. The fraction of sp³-hybridized carbons (Fsp3) is 0.462. The summed E-state index contributed by atoms with van der Waals surface area (Å²) in [6.45, 7) is 3.96. The number of halogens is 1. The van der Waals surface area contributed by atoms with Crippen LogP contribution in [-0.2, 0) is 0 Å². The van der Waals surface area contributed by atoms with E-state index >= 15 is 0 Å². The average Bonchev–Trinajstić information content (AvgIpc) is 2.70. The maximum Gasteiger partial charge on any atom is 0.178 e. The number of carbonyl (C=O) groups is 1. The fourth-order valence-electron chi connectivity index (χ4n) is 2.10. The first kappa shape index (κ1) is 12.0. The second-order valence-corrected chi connectivity index (χ2v) is 6.43. The van der Waals surface area contributed by atoms with Gasteiger partial charge in [-0.25, -0.2) is 0 Å². The molecule has 86 valence electrons. The molecule has 1 aromatic carbocycles. The van der Waals surface area contributed by atoms with Gasteiger partial charge in [0.05, 0.1) is 4.75 Å². The summed E-state index contributed by atoms with van der Waals surface area (Å²) in [5.74, 6) is 1.32. The number of carbonyl (C=O) groups excluding carboxylic acids is 1. The quantitative estimate of drug-likeness (QED) is 0.739. The molecule has 1 aromatic rings. The van der Waals surface area contributed by atoms with Crippen LogP contribution in [-0.4, -0.2) is 16.3 Å². The molecule has 3 heteroatoms. The first-order valence-electron chi connectivity index (χ1n) is 5.48. The maximum absolute atomic E-state index is 12.5. The molecule has 1 aliphatic rings. The second kappa shape index (κ2) is 4.42. The lowest BCUT2D eigenvalue weighted by Crippen LogP contribution is -2.29. The molecule has 1 saturated heterocycles. The van der Waals surface area contributed by atoms with Gasteiger partial charge in [-0.2, -0.15) is 0 Å². The lowest BCUT2D eigenvalue weighted by atomic mass is 9.92. The topological polar surface area (TPSA) is 17.1 Å². The van der Waals surface area contributed by atoms with Crippen molar-refractivity contribution in [3.8, 4) is 0 Å². The van der Waals surface area contributed by atoms with Crippen LogP contribution in [0.5, 0.6) is 0 Å². The number of benzene rings is 1. The molecule has 2 rings (SSSR count). The lowest BCUT2D eigenvalue weighted by Gasteiger charge is -2.22. The Morgan fingerprint density at radius 2 is 2.25 bits per heavy atom. The van der Waals surface area contributed by atoms with Crippen LogP contribution in [0.2, 0.25) is 5.02 Å². The zero-order valence-electron chi connectivity index (χ0n) is 9.55. The van der Waals surface area contributed by atoms with Crippen molar-refractivity contribution in [2.75, 3.05) is 5.75 Å². The zero-order valence-corrected chi connectivity index (χ0v) is 11.1. The molecule has 0 radical (unpaired) electrons. The van der Waals surface area contributed by atoms with E-state index < -0.39 is 0 Å². The van der Waals surface area contributed by atoms with Gasteiger partial charge < -0.3 is 0 Å². The highest BCUT2D eigenvalue weighted by atomic mass is 35.5. The molecule has 0 aliphatic carbocycles. The molecule has 1 aliphatic heterocycles. The molecular formula is C13H15ClOS. The van der Waals surface area contributed by atoms with Crippen LogP contribution in [0.4, 0.5) is 0 Å². The van der Waals surface area contributed by atoms with Crippen molar-refractivity contribution in [1.29, 1.82) is 0 Å². The van der Waals surface area contributed by atoms with E-state index in [1.807, 2.05) is 32.0 Å². The third kappa shape index (κ3) is 2.01. The smallest absolute Gasteiger partial charge is 0.178 e. The highest BCUT2D eigenvalue weighted by Crippen LogP contribution is 2.41. The molecule has 1 atom stereocenters. The van der Waals surface area contributed by atoms with Crippen molar-refractivity contribution in [1.82, 2.24) is 0 Å². The minimum absolute atomic E-state index is 0.231. The summed E-state index contributed by atoms with van der Waals surface area (Å²) in [5.41, 5.74) is 1.69. The van der Waals surface area contributed by atoms with E-state index in [0.717, 1.165) is 29.7 Å². The van der Waals surface area contributed by atoms with Crippen LogP contribution in [0, 0.1) is 6.92 Å². The van der Waals surface area contributed by atoms with Crippen molar-refractivity contribution in [2.24, 2.45) is 0 Å². The number of hydrogen-bond donors (Lipinski definition) is 0. The molecule has 1 nitrogen and oxygen atoms in total. The number of Topliss-reactive ketones (excluding diaryl/α,β-unsaturated/α-hetero) is 1. The largest absolute Gasteiger partial charge is 0.293 e. The van der Waals surface area contributed by atoms with Crippen LogP contribution in [0.15, 0.2) is 18.2 Å². The molecule has 0 aromatic heterocycles. The van der Waals surface area contributed by atoms with Gasteiger partial charge in [-0.3, -0.25) is 4.79 Å². The zero-order chi connectivity index (χ0) is 11.8. The molecule has 16 heavy (non-hydrogen) atoms. The van der Waals surface area contributed by atoms with Crippen LogP contribution < -0.4 is 0 Å². The molecule has 0 N–H and O–H groups in total. The van der Waals surface area contributed by atoms with E-state index in [-0.39, 0.29) is 10.5 Å². The van der Waals surface area contributed by atoms with Gasteiger partial charge in [0.15, 0.2) is 5.78 Å². The van der Waals surface area contributed by atoms with Crippen LogP contribution in [0.1, 0.15) is 35.7 Å². The third-order valence-corrected chi connectivity index (χ3v) is 5.14. The minimum Gasteiger partial charge on any atom is -0.293 e. The Bertz CT molecular complexity index is 422. The van der Waals surface area contributed by atoms with E-state index in [0.29, 0.717) is 5.02 Å². The van der Waals surface area contributed by atoms with Crippen LogP contribution in [0.3, 0.4) is 0 Å². The highest BCUT2D eigenvalue weighted by Gasteiger charge is 2.38. The van der Waals surface area contributed by atoms with Gasteiger partial charge in [-0.15, -0.1) is 11.8 Å². The van der Waals surface area contributed by atoms with Crippen molar-refractivity contribution < 1.29 is 4.79 Å². The Balaban J connectivity index is 2.37. The fourth-order valence-corrected chi connectivity index (χ4v) is 3.54. The number of rotatable bonds is 2. The van der Waals surface area contributed by atoms with E-state index in [4.69, 9.17) is 11.6 Å². The third-order valence-electron chi connectivity index (χ3n) is 3.21. The standard InChI is InChI=1S/C13H15ClOS/c1-9-10(5-3-6-11(9)14)12(15)13(2)7-4-8-16-13/h3,5-6H,4,7-8H2,1-2H3. The number of thioether (sulfide) groups is 1. The Hall–Kier alpha value is -0.470. The highest BCUT2D eigenvalue weighted by molar-refractivity contribution is 8.01. The summed E-state index contributed by atoms with van der Waals surface area (Å²) < 4.78 is -0.241. The molecule has 1 heterocycles. The second-order valence-electron chi connectivity index (χ2n) is 4.42. The number of hydrogen-bond acceptors (Lipinski definition) is 2. The van der Waals surface area contributed by atoms with Gasteiger partial charge in [-0.1, -0.05) is 23.7 Å². The summed E-state index contributed by atoms with van der Waals surface area (Å²) in [6, 6.07) is 5.57. The Morgan fingerprint density at radius 1 is 1.50 bits per heavy atom. The van der Waals surface area contributed by atoms with Crippen molar-refractivity contribution in [2.45, 2.75) is 31.4 Å². The van der Waals surface area contributed by atoms with Gasteiger partial charge in [0.1, 0.15) is 0 Å². The van der Waals surface area contributed by atoms with Crippen molar-refractivity contribution in [3.05, 3.63) is 34.3 Å². The Kier molecular flexibility index (Phi) is 3.32. The Morgan fingerprint density at radius 3 is 2.88 bits per heavy atom. The molecule has 0 saturated carbocycles. The summed E-state index contributed by atoms with van der Waals surface area (Å²) >= 11 is 7.82. The van der Waals surface area contributed by atoms with Gasteiger partial charge in [0, 0.05) is 10.6 Å². The first-order chi connectivity index (χ1) is 7.54. The summed E-state index contributed by atoms with van der Waals surface area (Å²) in [5, 5.41) is 0.678. The number of ketones is 1. The summed E-state index contributed by atoms with van der Waals surface area (Å²) in [6.07, 6.45) is 2.11. The molecule has 0 spiro atoms. The summed E-state index contributed by atoms with van der Waals surface area (Å²) in [7, 11) is 0. The van der Waals surface area contributed by atoms with Crippen molar-refractivity contribution in [3.63, 3.8) is 0 Å². The predicted octanol–water partition coefficient (Wildman–Crippen LogP) is 4.12. The normalized spacial score (nSPS) is 24.7. The van der Waals surface area contributed by atoms with Gasteiger partial charge in [0.2, 0.25) is 0 Å². The minimum atomic E-state index is -0.241. The molecule has 0 amide bonds. The van der Waals surface area contributed by atoms with Gasteiger partial charge >= 0.3 is 0 Å². The molecule has 1 unspecified atom stereocenters. The van der Waals surface area contributed by atoms with Crippen LogP contribution in [0.25, 0.3) is 0 Å². The molecule has 1 fully saturated rings. The van der Waals surface area contributed by atoms with E-state index in [2.05, 4.69) is 0 Å². The van der Waals surface area contributed by atoms with Crippen LogP contribution >= 0.6 is 23.4 Å². The van der Waals surface area contributed by atoms with E-state index in [1.165, 1.54) is 0 Å². The average molecular weight is 255 g/mol. The monoisotopic (exact) mass is 254 g/mol. The van der Waals surface area contributed by atoms with Gasteiger partial charge in [-0.05, 0) is 44.1 Å². The van der Waals surface area contributed by atoms with E-state index in [1.54, 1.807) is 11.8 Å². The van der Waals surface area contributed by atoms with Gasteiger partial charge in [0.25, 0.3) is 0 Å².